The molecule has 1 fully saturated rings. The average Bonchev–Trinajstić information content (AvgIpc) is 2.55. The van der Waals surface area contributed by atoms with E-state index in [0.717, 1.165) is 19.4 Å². The van der Waals surface area contributed by atoms with Crippen molar-refractivity contribution in [1.29, 1.82) is 0 Å². The molecule has 1 saturated heterocycles. The minimum atomic E-state index is -0.387. The molecule has 0 aliphatic carbocycles. The Balaban J connectivity index is 2.73. The van der Waals surface area contributed by atoms with Gasteiger partial charge in [0.2, 0.25) is 5.91 Å². The second kappa shape index (κ2) is 5.83. The highest BCUT2D eigenvalue weighted by molar-refractivity contribution is 5.88. The third kappa shape index (κ3) is 2.99. The van der Waals surface area contributed by atoms with E-state index in [2.05, 4.69) is 26.1 Å². The Morgan fingerprint density at radius 2 is 2.18 bits per heavy atom. The number of ether oxygens (including phenoxy) is 1. The molecule has 0 spiro atoms. The Kier molecular flexibility index (Phi) is 4.95. The Hall–Kier alpha value is -0.610. The molecular formula is C13H26N2O2. The van der Waals surface area contributed by atoms with Crippen molar-refractivity contribution in [2.45, 2.75) is 52.2 Å². The summed E-state index contributed by atoms with van der Waals surface area (Å²) in [6.07, 6.45) is 1.88. The monoisotopic (exact) mass is 242 g/mol. The summed E-state index contributed by atoms with van der Waals surface area (Å²) in [5, 5.41) is 3.48. The van der Waals surface area contributed by atoms with Crippen molar-refractivity contribution in [3.63, 3.8) is 0 Å². The van der Waals surface area contributed by atoms with Crippen LogP contribution in [-0.2, 0) is 9.53 Å². The van der Waals surface area contributed by atoms with Crippen LogP contribution in [0.4, 0.5) is 0 Å². The molecule has 0 radical (unpaired) electrons. The Labute approximate surface area is 105 Å². The summed E-state index contributed by atoms with van der Waals surface area (Å²) < 4.78 is 5.05. The molecule has 1 aliphatic heterocycles. The quantitative estimate of drug-likeness (QED) is 0.719. The first-order chi connectivity index (χ1) is 7.96. The van der Waals surface area contributed by atoms with Crippen LogP contribution in [-0.4, -0.2) is 42.8 Å². The first-order valence-corrected chi connectivity index (χ1v) is 6.54. The lowest BCUT2D eigenvalue weighted by atomic mass is 9.99. The molecule has 1 rings (SSSR count). The van der Waals surface area contributed by atoms with Gasteiger partial charge in [-0.2, -0.15) is 0 Å². The molecular weight excluding hydrogens is 216 g/mol. The summed E-state index contributed by atoms with van der Waals surface area (Å²) in [4.78, 5) is 14.4. The minimum absolute atomic E-state index is 0.157. The van der Waals surface area contributed by atoms with Gasteiger partial charge in [0.25, 0.3) is 0 Å². The van der Waals surface area contributed by atoms with Crippen molar-refractivity contribution in [3.8, 4) is 0 Å². The van der Waals surface area contributed by atoms with E-state index in [1.165, 1.54) is 0 Å². The molecule has 1 amide bonds. The standard InChI is InChI=1S/C13H26N2O2/c1-6-13(4)12(16)15(8-7-9-17-5)11(14-13)10(2)3/h10-11,14H,6-9H2,1-5H3. The first kappa shape index (κ1) is 14.5. The van der Waals surface area contributed by atoms with E-state index >= 15 is 0 Å². The normalized spacial score (nSPS) is 29.4. The van der Waals surface area contributed by atoms with Crippen molar-refractivity contribution in [3.05, 3.63) is 0 Å². The number of carbonyl (C=O) groups excluding carboxylic acids is 1. The lowest BCUT2D eigenvalue weighted by Crippen LogP contribution is -2.45. The first-order valence-electron chi connectivity index (χ1n) is 6.54. The van der Waals surface area contributed by atoms with Gasteiger partial charge in [0.05, 0.1) is 11.7 Å². The summed E-state index contributed by atoms with van der Waals surface area (Å²) in [6.45, 7) is 9.84. The molecule has 17 heavy (non-hydrogen) atoms. The molecule has 0 aromatic rings. The zero-order valence-electron chi connectivity index (χ0n) is 11.7. The summed E-state index contributed by atoms with van der Waals surface area (Å²) >= 11 is 0. The highest BCUT2D eigenvalue weighted by atomic mass is 16.5. The number of methoxy groups -OCH3 is 1. The largest absolute Gasteiger partial charge is 0.385 e. The van der Waals surface area contributed by atoms with Crippen LogP contribution in [0.25, 0.3) is 0 Å². The number of hydrogen-bond acceptors (Lipinski definition) is 3. The predicted octanol–water partition coefficient (Wildman–Crippen LogP) is 1.61. The third-order valence-corrected chi connectivity index (χ3v) is 3.62. The maximum Gasteiger partial charge on any atom is 0.243 e. The van der Waals surface area contributed by atoms with Crippen molar-refractivity contribution in [1.82, 2.24) is 10.2 Å². The van der Waals surface area contributed by atoms with Gasteiger partial charge in [0.15, 0.2) is 0 Å². The molecule has 1 N–H and O–H groups in total. The van der Waals surface area contributed by atoms with E-state index in [1.807, 2.05) is 11.8 Å². The van der Waals surface area contributed by atoms with E-state index in [0.29, 0.717) is 12.5 Å². The van der Waals surface area contributed by atoms with Gasteiger partial charge in [-0.3, -0.25) is 10.1 Å². The van der Waals surface area contributed by atoms with Crippen molar-refractivity contribution in [2.75, 3.05) is 20.3 Å². The zero-order chi connectivity index (χ0) is 13.1. The lowest BCUT2D eigenvalue weighted by Gasteiger charge is -2.27. The molecule has 2 unspecified atom stereocenters. The fourth-order valence-electron chi connectivity index (χ4n) is 2.31. The highest BCUT2D eigenvalue weighted by Gasteiger charge is 2.47. The second-order valence-electron chi connectivity index (χ2n) is 5.36. The van der Waals surface area contributed by atoms with Gasteiger partial charge in [0.1, 0.15) is 0 Å². The Morgan fingerprint density at radius 1 is 1.53 bits per heavy atom. The topological polar surface area (TPSA) is 41.6 Å². The van der Waals surface area contributed by atoms with Gasteiger partial charge in [-0.25, -0.2) is 0 Å². The maximum absolute atomic E-state index is 12.4. The van der Waals surface area contributed by atoms with Crippen molar-refractivity contribution >= 4 is 5.91 Å². The number of carbonyl (C=O) groups is 1. The number of rotatable bonds is 6. The van der Waals surface area contributed by atoms with Crippen LogP contribution in [0.3, 0.4) is 0 Å². The molecule has 4 nitrogen and oxygen atoms in total. The molecule has 100 valence electrons. The summed E-state index contributed by atoms with van der Waals surface area (Å²) in [7, 11) is 1.69. The molecule has 1 heterocycles. The van der Waals surface area contributed by atoms with E-state index in [4.69, 9.17) is 4.74 Å². The summed E-state index contributed by atoms with van der Waals surface area (Å²) in [5.74, 6) is 0.657. The Morgan fingerprint density at radius 3 is 2.65 bits per heavy atom. The van der Waals surface area contributed by atoms with E-state index < -0.39 is 0 Å². The van der Waals surface area contributed by atoms with Crippen LogP contribution in [0.1, 0.15) is 40.5 Å². The Bertz CT molecular complexity index is 268. The lowest BCUT2D eigenvalue weighted by molar-refractivity contribution is -0.133. The van der Waals surface area contributed by atoms with E-state index in [9.17, 15) is 4.79 Å². The van der Waals surface area contributed by atoms with Crippen LogP contribution in [0.2, 0.25) is 0 Å². The molecule has 4 heteroatoms. The second-order valence-corrected chi connectivity index (χ2v) is 5.36. The number of hydrogen-bond donors (Lipinski definition) is 1. The highest BCUT2D eigenvalue weighted by Crippen LogP contribution is 2.27. The fraction of sp³-hybridized carbons (Fsp3) is 0.923. The molecule has 2 atom stereocenters. The van der Waals surface area contributed by atoms with Gasteiger partial charge in [-0.15, -0.1) is 0 Å². The maximum atomic E-state index is 12.4. The minimum Gasteiger partial charge on any atom is -0.385 e. The van der Waals surface area contributed by atoms with Gasteiger partial charge >= 0.3 is 0 Å². The van der Waals surface area contributed by atoms with E-state index in [1.54, 1.807) is 7.11 Å². The summed E-state index contributed by atoms with van der Waals surface area (Å²) in [5.41, 5.74) is -0.387. The van der Waals surface area contributed by atoms with Gasteiger partial charge in [-0.05, 0) is 25.7 Å². The zero-order valence-corrected chi connectivity index (χ0v) is 11.7. The summed E-state index contributed by atoms with van der Waals surface area (Å²) in [6, 6.07) is 0. The SMILES string of the molecule is CCC1(C)NC(C(C)C)N(CCCOC)C1=O. The van der Waals surface area contributed by atoms with Crippen LogP contribution < -0.4 is 5.32 Å². The third-order valence-electron chi connectivity index (χ3n) is 3.62. The van der Waals surface area contributed by atoms with Gasteiger partial charge < -0.3 is 9.64 Å². The van der Waals surface area contributed by atoms with Crippen molar-refractivity contribution in [2.24, 2.45) is 5.92 Å². The number of amides is 1. The molecule has 0 aromatic heterocycles. The smallest absolute Gasteiger partial charge is 0.243 e. The van der Waals surface area contributed by atoms with Crippen LogP contribution >= 0.6 is 0 Å². The molecule has 1 aliphatic rings. The predicted molar refractivity (Wildman–Crippen MR) is 68.7 cm³/mol. The molecule has 0 saturated carbocycles. The average molecular weight is 242 g/mol. The molecule has 0 bridgehead atoms. The van der Waals surface area contributed by atoms with Crippen molar-refractivity contribution < 1.29 is 9.53 Å². The van der Waals surface area contributed by atoms with Crippen LogP contribution in [0.5, 0.6) is 0 Å². The van der Waals surface area contributed by atoms with Gasteiger partial charge in [-0.1, -0.05) is 20.8 Å². The number of nitrogens with zero attached hydrogens (tertiary/aromatic N) is 1. The van der Waals surface area contributed by atoms with Gasteiger partial charge in [0, 0.05) is 20.3 Å². The fourth-order valence-corrected chi connectivity index (χ4v) is 2.31. The molecule has 0 aromatic carbocycles. The van der Waals surface area contributed by atoms with Crippen LogP contribution in [0.15, 0.2) is 0 Å². The number of nitrogens with one attached hydrogen (secondary N) is 1. The van der Waals surface area contributed by atoms with Crippen LogP contribution in [0, 0.1) is 5.92 Å². The van der Waals surface area contributed by atoms with E-state index in [-0.39, 0.29) is 17.6 Å².